The number of rotatable bonds is 5. The highest BCUT2D eigenvalue weighted by Crippen LogP contribution is 2.29. The van der Waals surface area contributed by atoms with Gasteiger partial charge in [0.15, 0.2) is 5.76 Å². The minimum atomic E-state index is -3.70. The summed E-state index contributed by atoms with van der Waals surface area (Å²) in [6, 6.07) is 3.02. The third kappa shape index (κ3) is 3.06. The molecule has 2 aromatic heterocycles. The van der Waals surface area contributed by atoms with Crippen molar-refractivity contribution in [3.8, 4) is 11.5 Å². The number of hydrogen-bond donors (Lipinski definition) is 0. The van der Waals surface area contributed by atoms with Gasteiger partial charge in [0.25, 0.3) is 10.0 Å². The Morgan fingerprint density at radius 2 is 2.13 bits per heavy atom. The normalized spacial score (nSPS) is 18.9. The third-order valence-corrected chi connectivity index (χ3v) is 5.81. The van der Waals surface area contributed by atoms with E-state index in [1.807, 2.05) is 13.8 Å². The van der Waals surface area contributed by atoms with Gasteiger partial charge in [-0.3, -0.25) is 0 Å². The second-order valence-corrected chi connectivity index (χ2v) is 7.74. The standard InChI is InChI=1S/C15H20N2O5S/c1-10-11(2)16-22-15(10)13-6-7-14(21-13)23(18,19)17(3)9-12-5-4-8-20-12/h6-7,12H,4-5,8-9H2,1-3H3. The Kier molecular flexibility index (Phi) is 4.31. The molecular formula is C15H20N2O5S. The molecule has 2 aromatic rings. The molecule has 0 saturated carbocycles. The summed E-state index contributed by atoms with van der Waals surface area (Å²) in [5, 5.41) is 3.75. The highest BCUT2D eigenvalue weighted by molar-refractivity contribution is 7.89. The Balaban J connectivity index is 1.82. The van der Waals surface area contributed by atoms with Crippen molar-refractivity contribution < 1.29 is 22.1 Å². The molecule has 1 fully saturated rings. The lowest BCUT2D eigenvalue weighted by atomic mass is 10.2. The summed E-state index contributed by atoms with van der Waals surface area (Å²) >= 11 is 0. The molecule has 126 valence electrons. The summed E-state index contributed by atoms with van der Waals surface area (Å²) in [5.74, 6) is 0.804. The largest absolute Gasteiger partial charge is 0.440 e. The number of likely N-dealkylation sites (N-methyl/N-ethyl adjacent to an activating group) is 1. The fourth-order valence-electron chi connectivity index (χ4n) is 2.55. The van der Waals surface area contributed by atoms with Crippen molar-refractivity contribution in [2.24, 2.45) is 0 Å². The van der Waals surface area contributed by atoms with Gasteiger partial charge >= 0.3 is 0 Å². The number of furan rings is 1. The molecule has 0 N–H and O–H groups in total. The Bertz CT molecular complexity index is 787. The molecule has 23 heavy (non-hydrogen) atoms. The Morgan fingerprint density at radius 1 is 1.35 bits per heavy atom. The van der Waals surface area contributed by atoms with E-state index >= 15 is 0 Å². The van der Waals surface area contributed by atoms with E-state index in [-0.39, 0.29) is 11.2 Å². The first-order valence-corrected chi connectivity index (χ1v) is 8.94. The molecule has 0 radical (unpaired) electrons. The van der Waals surface area contributed by atoms with E-state index in [4.69, 9.17) is 13.7 Å². The van der Waals surface area contributed by atoms with Crippen molar-refractivity contribution in [2.75, 3.05) is 20.2 Å². The topological polar surface area (TPSA) is 85.8 Å². The zero-order valence-electron chi connectivity index (χ0n) is 13.4. The van der Waals surface area contributed by atoms with Crippen molar-refractivity contribution >= 4 is 10.0 Å². The third-order valence-electron chi connectivity index (χ3n) is 4.11. The van der Waals surface area contributed by atoms with E-state index in [0.29, 0.717) is 24.7 Å². The van der Waals surface area contributed by atoms with Crippen molar-refractivity contribution in [1.29, 1.82) is 0 Å². The van der Waals surface area contributed by atoms with E-state index < -0.39 is 10.0 Å². The van der Waals surface area contributed by atoms with E-state index in [1.54, 1.807) is 6.07 Å². The van der Waals surface area contributed by atoms with E-state index in [9.17, 15) is 8.42 Å². The molecule has 1 saturated heterocycles. The zero-order chi connectivity index (χ0) is 16.6. The molecule has 0 amide bonds. The van der Waals surface area contributed by atoms with Crippen LogP contribution in [0.1, 0.15) is 24.1 Å². The lowest BCUT2D eigenvalue weighted by Crippen LogP contribution is -2.33. The molecule has 0 aliphatic carbocycles. The van der Waals surface area contributed by atoms with Gasteiger partial charge in [-0.15, -0.1) is 0 Å². The number of aryl methyl sites for hydroxylation is 1. The van der Waals surface area contributed by atoms with Crippen LogP contribution < -0.4 is 0 Å². The first-order chi connectivity index (χ1) is 10.9. The second kappa shape index (κ2) is 6.10. The second-order valence-electron chi connectivity index (χ2n) is 5.76. The van der Waals surface area contributed by atoms with Crippen LogP contribution in [0.15, 0.2) is 26.2 Å². The Labute approximate surface area is 135 Å². The van der Waals surface area contributed by atoms with E-state index in [0.717, 1.165) is 24.1 Å². The van der Waals surface area contributed by atoms with Gasteiger partial charge in [0, 0.05) is 25.8 Å². The molecule has 1 aliphatic rings. The number of sulfonamides is 1. The molecule has 1 aliphatic heterocycles. The molecule has 1 atom stereocenters. The van der Waals surface area contributed by atoms with Gasteiger partial charge in [0.05, 0.1) is 11.8 Å². The fraction of sp³-hybridized carbons (Fsp3) is 0.533. The first kappa shape index (κ1) is 16.2. The summed E-state index contributed by atoms with van der Waals surface area (Å²) in [7, 11) is -2.16. The van der Waals surface area contributed by atoms with Gasteiger partial charge in [-0.2, -0.15) is 4.31 Å². The average Bonchev–Trinajstić information content (AvgIpc) is 3.22. The van der Waals surface area contributed by atoms with Gasteiger partial charge in [0.1, 0.15) is 0 Å². The fourth-order valence-corrected chi connectivity index (χ4v) is 3.66. The van der Waals surface area contributed by atoms with Gasteiger partial charge in [-0.05, 0) is 38.8 Å². The number of aromatic nitrogens is 1. The number of ether oxygens (including phenoxy) is 1. The summed E-state index contributed by atoms with van der Waals surface area (Å²) in [6.45, 7) is 4.67. The van der Waals surface area contributed by atoms with Crippen LogP contribution in [0.25, 0.3) is 11.5 Å². The average molecular weight is 340 g/mol. The molecule has 0 spiro atoms. The maximum Gasteiger partial charge on any atom is 0.276 e. The minimum Gasteiger partial charge on any atom is -0.440 e. The lowest BCUT2D eigenvalue weighted by Gasteiger charge is -2.19. The van der Waals surface area contributed by atoms with Crippen molar-refractivity contribution in [3.05, 3.63) is 23.4 Å². The van der Waals surface area contributed by atoms with Crippen LogP contribution in [0.4, 0.5) is 0 Å². The summed E-state index contributed by atoms with van der Waals surface area (Å²) < 4.78 is 42.6. The molecule has 0 bridgehead atoms. The zero-order valence-corrected chi connectivity index (χ0v) is 14.2. The monoisotopic (exact) mass is 340 g/mol. The lowest BCUT2D eigenvalue weighted by molar-refractivity contribution is 0.0976. The highest BCUT2D eigenvalue weighted by atomic mass is 32.2. The molecule has 1 unspecified atom stereocenters. The van der Waals surface area contributed by atoms with Crippen LogP contribution in [0.2, 0.25) is 0 Å². The van der Waals surface area contributed by atoms with E-state index in [2.05, 4.69) is 5.16 Å². The summed E-state index contributed by atoms with van der Waals surface area (Å²) in [4.78, 5) is 0. The van der Waals surface area contributed by atoms with Crippen LogP contribution in [-0.2, 0) is 14.8 Å². The maximum atomic E-state index is 12.6. The van der Waals surface area contributed by atoms with Gasteiger partial charge in [-0.1, -0.05) is 5.16 Å². The van der Waals surface area contributed by atoms with Crippen molar-refractivity contribution in [2.45, 2.75) is 37.9 Å². The predicted molar refractivity (Wildman–Crippen MR) is 82.5 cm³/mol. The molecule has 3 rings (SSSR count). The van der Waals surface area contributed by atoms with Gasteiger partial charge < -0.3 is 13.7 Å². The quantitative estimate of drug-likeness (QED) is 0.830. The molecule has 8 heteroatoms. The van der Waals surface area contributed by atoms with Crippen molar-refractivity contribution in [1.82, 2.24) is 9.46 Å². The number of hydrogen-bond acceptors (Lipinski definition) is 6. The number of nitrogens with zero attached hydrogens (tertiary/aromatic N) is 2. The Hall–Kier alpha value is -1.64. The van der Waals surface area contributed by atoms with Gasteiger partial charge in [-0.25, -0.2) is 8.42 Å². The first-order valence-electron chi connectivity index (χ1n) is 7.50. The van der Waals surface area contributed by atoms with Crippen LogP contribution >= 0.6 is 0 Å². The van der Waals surface area contributed by atoms with E-state index in [1.165, 1.54) is 17.4 Å². The molecule has 0 aromatic carbocycles. The summed E-state index contributed by atoms with van der Waals surface area (Å²) in [6.07, 6.45) is 1.79. The van der Waals surface area contributed by atoms with Crippen molar-refractivity contribution in [3.63, 3.8) is 0 Å². The molecule has 7 nitrogen and oxygen atoms in total. The van der Waals surface area contributed by atoms with Crippen LogP contribution in [0, 0.1) is 13.8 Å². The molecular weight excluding hydrogens is 320 g/mol. The molecule has 3 heterocycles. The Morgan fingerprint density at radius 3 is 2.74 bits per heavy atom. The summed E-state index contributed by atoms with van der Waals surface area (Å²) in [5.41, 5.74) is 1.58. The predicted octanol–water partition coefficient (Wildman–Crippen LogP) is 2.35. The highest BCUT2D eigenvalue weighted by Gasteiger charge is 2.29. The van der Waals surface area contributed by atoms with Crippen LogP contribution in [0.3, 0.4) is 0 Å². The van der Waals surface area contributed by atoms with Crippen LogP contribution in [0.5, 0.6) is 0 Å². The van der Waals surface area contributed by atoms with Crippen LogP contribution in [-0.4, -0.2) is 44.2 Å². The smallest absolute Gasteiger partial charge is 0.276 e. The minimum absolute atomic E-state index is 0.0524. The maximum absolute atomic E-state index is 12.6. The van der Waals surface area contributed by atoms with Gasteiger partial charge in [0.2, 0.25) is 10.9 Å². The SMILES string of the molecule is Cc1noc(-c2ccc(S(=O)(=O)N(C)CC3CCCO3)o2)c1C.